The van der Waals surface area contributed by atoms with Crippen LogP contribution < -0.4 is 11.5 Å². The Balaban J connectivity index is 0.00000357. The fourth-order valence-corrected chi connectivity index (χ4v) is 7.17. The van der Waals surface area contributed by atoms with Crippen molar-refractivity contribution in [2.75, 3.05) is 24.7 Å². The number of aliphatic hydroxyl groups excluding tert-OH is 2. The van der Waals surface area contributed by atoms with E-state index >= 15 is 0 Å². The molecule has 8 N–H and O–H groups in total. The molecule has 10 atom stereocenters. The second kappa shape index (κ2) is 11.5. The van der Waals surface area contributed by atoms with Crippen LogP contribution >= 0.6 is 15.6 Å². The maximum atomic E-state index is 13.1. The summed E-state index contributed by atoms with van der Waals surface area (Å²) in [5, 5.41) is 22.2. The van der Waals surface area contributed by atoms with Gasteiger partial charge in [-0.05, 0) is 0 Å². The standard InChI is InChI=1S/C20H24N10O12P2.CH4/c21-15-9-17(25-3-23-15)29(5-27-9)19-11(31)13-7(39-19)1-37-43(33,34)42-14-8(2-38-44(35,36)41-13)40-20(12(14)32)30-6-28-10-16(22)24-4-26-18(10)30;/h3-8,11-14,19-20,31-32H,1-2H2,(H,33,34)(H,35,36)(H2,21,23,25)(H2,22,24,26);1H4/t7-,8-,11-,12-,13-,14-,19-,20-;/m1./s1. The van der Waals surface area contributed by atoms with E-state index in [0.29, 0.717) is 0 Å². The third-order valence-corrected chi connectivity index (χ3v) is 9.23. The number of imidazole rings is 2. The van der Waals surface area contributed by atoms with Gasteiger partial charge in [0.25, 0.3) is 0 Å². The average Bonchev–Trinajstić information content (AvgIpc) is 3.73. The highest BCUT2D eigenvalue weighted by atomic mass is 31.2. The number of phosphoric ester groups is 2. The van der Waals surface area contributed by atoms with Crippen molar-refractivity contribution < 1.29 is 56.7 Å². The van der Waals surface area contributed by atoms with E-state index < -0.39 is 77.9 Å². The molecule has 0 aliphatic carbocycles. The van der Waals surface area contributed by atoms with Crippen molar-refractivity contribution in [3.05, 3.63) is 25.3 Å². The number of ether oxygens (including phenoxy) is 2. The molecular formula is C21H28N10O12P2. The van der Waals surface area contributed by atoms with Gasteiger partial charge >= 0.3 is 15.6 Å². The molecule has 0 amide bonds. The van der Waals surface area contributed by atoms with E-state index in [0.717, 1.165) is 12.7 Å². The van der Waals surface area contributed by atoms with Crippen molar-refractivity contribution in [2.24, 2.45) is 0 Å². The second-order valence-corrected chi connectivity index (χ2v) is 12.8. The van der Waals surface area contributed by atoms with Crippen molar-refractivity contribution in [1.29, 1.82) is 0 Å². The second-order valence-electron chi connectivity index (χ2n) is 9.95. The van der Waals surface area contributed by atoms with Gasteiger partial charge < -0.3 is 40.9 Å². The molecule has 7 rings (SSSR count). The lowest BCUT2D eigenvalue weighted by atomic mass is 10.1. The summed E-state index contributed by atoms with van der Waals surface area (Å²) >= 11 is 0. The fourth-order valence-electron chi connectivity index (χ4n) is 5.24. The summed E-state index contributed by atoms with van der Waals surface area (Å²) in [5.41, 5.74) is 12.4. The van der Waals surface area contributed by atoms with E-state index in [1.165, 1.54) is 21.8 Å². The normalized spacial score (nSPS) is 37.4. The van der Waals surface area contributed by atoms with Gasteiger partial charge in [-0.1, -0.05) is 7.43 Å². The Hall–Kier alpha value is -3.24. The summed E-state index contributed by atoms with van der Waals surface area (Å²) < 4.78 is 61.2. The molecular weight excluding hydrogens is 646 g/mol. The maximum absolute atomic E-state index is 13.1. The van der Waals surface area contributed by atoms with E-state index in [4.69, 9.17) is 39.0 Å². The van der Waals surface area contributed by atoms with Crippen LogP contribution in [0, 0.1) is 0 Å². The lowest BCUT2D eigenvalue weighted by Crippen LogP contribution is -2.39. The monoisotopic (exact) mass is 674 g/mol. The molecule has 0 aromatic carbocycles. The molecule has 0 bridgehead atoms. The summed E-state index contributed by atoms with van der Waals surface area (Å²) in [5.74, 6) is 0.101. The molecule has 3 saturated heterocycles. The predicted molar refractivity (Wildman–Crippen MR) is 147 cm³/mol. The molecule has 0 spiro atoms. The Morgan fingerprint density at radius 2 is 1.11 bits per heavy atom. The van der Waals surface area contributed by atoms with Crippen molar-refractivity contribution in [3.8, 4) is 0 Å². The molecule has 244 valence electrons. The largest absolute Gasteiger partial charge is 0.472 e. The number of anilines is 2. The molecule has 3 aliphatic heterocycles. The van der Waals surface area contributed by atoms with Gasteiger partial charge in [0.2, 0.25) is 0 Å². The molecule has 45 heavy (non-hydrogen) atoms. The van der Waals surface area contributed by atoms with E-state index in [-0.39, 0.29) is 41.4 Å². The minimum absolute atomic E-state index is 0. The number of nitrogens with zero attached hydrogens (tertiary/aromatic N) is 8. The third kappa shape index (κ3) is 5.58. The number of aliphatic hydroxyl groups is 2. The molecule has 4 aromatic heterocycles. The number of nitrogens with two attached hydrogens (primary N) is 2. The van der Waals surface area contributed by atoms with Gasteiger partial charge in [0.1, 0.15) is 60.3 Å². The maximum Gasteiger partial charge on any atom is 0.472 e. The van der Waals surface area contributed by atoms with Crippen LogP contribution in [0.25, 0.3) is 22.3 Å². The molecule has 22 nitrogen and oxygen atoms in total. The quantitative estimate of drug-likeness (QED) is 0.139. The van der Waals surface area contributed by atoms with E-state index in [9.17, 15) is 29.1 Å². The highest BCUT2D eigenvalue weighted by molar-refractivity contribution is 7.47. The van der Waals surface area contributed by atoms with Crippen molar-refractivity contribution in [1.82, 2.24) is 39.0 Å². The number of hydrogen-bond donors (Lipinski definition) is 6. The number of rotatable bonds is 2. The number of phosphoric acid groups is 2. The average molecular weight is 674 g/mol. The van der Waals surface area contributed by atoms with Gasteiger partial charge in [-0.3, -0.25) is 27.2 Å². The minimum Gasteiger partial charge on any atom is -0.386 e. The topological polar surface area (TPSA) is 310 Å². The van der Waals surface area contributed by atoms with Crippen LogP contribution in [-0.2, 0) is 36.7 Å². The molecule has 2 unspecified atom stereocenters. The SMILES string of the molecule is C.Nc1ncnc2c1ncn2[C@@H]1O[C@@H]2COP(=O)(O)O[C@H]3[C@@H](O)[C@H](n4cnc5c(N)ncnc54)O[C@@H]3COP(=O)(O)O[C@H]2[C@H]1O. The van der Waals surface area contributed by atoms with E-state index in [1.54, 1.807) is 0 Å². The van der Waals surface area contributed by atoms with E-state index in [2.05, 4.69) is 29.9 Å². The number of fused-ring (bicyclic) bond motifs is 4. The molecule has 3 aliphatic rings. The minimum atomic E-state index is -5.00. The Labute approximate surface area is 252 Å². The van der Waals surface area contributed by atoms with Crippen molar-refractivity contribution in [3.63, 3.8) is 0 Å². The Kier molecular flexibility index (Phi) is 8.13. The molecule has 7 heterocycles. The van der Waals surface area contributed by atoms with Crippen LogP contribution in [0.1, 0.15) is 19.9 Å². The first-order valence-electron chi connectivity index (χ1n) is 12.8. The van der Waals surface area contributed by atoms with Gasteiger partial charge in [0.05, 0.1) is 25.9 Å². The zero-order valence-electron chi connectivity index (χ0n) is 22.0. The van der Waals surface area contributed by atoms with Crippen molar-refractivity contribution in [2.45, 2.75) is 56.5 Å². The summed E-state index contributed by atoms with van der Waals surface area (Å²) in [6, 6.07) is 0. The van der Waals surface area contributed by atoms with Crippen molar-refractivity contribution >= 4 is 49.6 Å². The first-order chi connectivity index (χ1) is 20.9. The fraction of sp³-hybridized carbons (Fsp3) is 0.524. The van der Waals surface area contributed by atoms with Crippen LogP contribution in [0.3, 0.4) is 0 Å². The lowest BCUT2D eigenvalue weighted by Gasteiger charge is -2.27. The van der Waals surface area contributed by atoms with Crippen LogP contribution in [-0.4, -0.2) is 109 Å². The van der Waals surface area contributed by atoms with Crippen LogP contribution in [0.15, 0.2) is 25.3 Å². The Morgan fingerprint density at radius 1 is 0.711 bits per heavy atom. The third-order valence-electron chi connectivity index (χ3n) is 7.26. The summed E-state index contributed by atoms with van der Waals surface area (Å²) in [4.78, 5) is 45.3. The molecule has 0 radical (unpaired) electrons. The number of nitrogen functional groups attached to an aromatic ring is 2. The summed E-state index contributed by atoms with van der Waals surface area (Å²) in [6.07, 6.45) is -7.30. The van der Waals surface area contributed by atoms with Crippen LogP contribution in [0.4, 0.5) is 11.6 Å². The highest BCUT2D eigenvalue weighted by Gasteiger charge is 2.54. The molecule has 4 aromatic rings. The summed E-state index contributed by atoms with van der Waals surface area (Å²) in [6.45, 7) is -1.56. The molecule has 24 heteroatoms. The van der Waals surface area contributed by atoms with Crippen LogP contribution in [0.5, 0.6) is 0 Å². The zero-order valence-corrected chi connectivity index (χ0v) is 23.8. The Morgan fingerprint density at radius 3 is 1.51 bits per heavy atom. The number of hydrogen-bond acceptors (Lipinski definition) is 18. The smallest absolute Gasteiger partial charge is 0.386 e. The van der Waals surface area contributed by atoms with Crippen LogP contribution in [0.2, 0.25) is 0 Å². The molecule has 0 saturated carbocycles. The van der Waals surface area contributed by atoms with Gasteiger partial charge in [-0.25, -0.2) is 39.0 Å². The first kappa shape index (κ1) is 31.7. The Bertz CT molecular complexity index is 1700. The zero-order chi connectivity index (χ0) is 31.0. The number of aromatic nitrogens is 8. The first-order valence-corrected chi connectivity index (χ1v) is 15.8. The van der Waals surface area contributed by atoms with E-state index in [1.807, 2.05) is 0 Å². The van der Waals surface area contributed by atoms with Gasteiger partial charge in [0.15, 0.2) is 35.4 Å². The van der Waals surface area contributed by atoms with Gasteiger partial charge in [0, 0.05) is 0 Å². The summed E-state index contributed by atoms with van der Waals surface area (Å²) in [7, 11) is -10.0. The lowest BCUT2D eigenvalue weighted by molar-refractivity contribution is -0.0664. The van der Waals surface area contributed by atoms with Gasteiger partial charge in [-0.15, -0.1) is 0 Å². The molecule has 3 fully saturated rings. The highest BCUT2D eigenvalue weighted by Crippen LogP contribution is 2.53. The van der Waals surface area contributed by atoms with Gasteiger partial charge in [-0.2, -0.15) is 0 Å². The predicted octanol–water partition coefficient (Wildman–Crippen LogP) is -0.999.